The fraction of sp³-hybridized carbons (Fsp3) is 0.364. The second-order valence-corrected chi connectivity index (χ2v) is 3.37. The summed E-state index contributed by atoms with van der Waals surface area (Å²) in [5.41, 5.74) is 0.452. The molecule has 0 spiro atoms. The molecule has 5 heteroatoms. The molecule has 1 aromatic heterocycles. The standard InChI is InChI=1S/C11H13N3O2/c1-2-3-9(11(15)16)14-10-5-4-8(6-12)7-13-10/h4-5,7,9H,2-3H2,1H3,(H,13,14)(H,15,16). The summed E-state index contributed by atoms with van der Waals surface area (Å²) in [6.45, 7) is 1.92. The van der Waals surface area contributed by atoms with E-state index >= 15 is 0 Å². The number of aromatic nitrogens is 1. The number of hydrogen-bond acceptors (Lipinski definition) is 4. The predicted octanol–water partition coefficient (Wildman–Crippen LogP) is 1.62. The normalized spacial score (nSPS) is 11.5. The summed E-state index contributed by atoms with van der Waals surface area (Å²) in [4.78, 5) is 14.8. The van der Waals surface area contributed by atoms with Crippen LogP contribution in [0.15, 0.2) is 18.3 Å². The van der Waals surface area contributed by atoms with Gasteiger partial charge in [0, 0.05) is 6.20 Å². The summed E-state index contributed by atoms with van der Waals surface area (Å²) in [6.07, 6.45) is 2.73. The topological polar surface area (TPSA) is 86.0 Å². The highest BCUT2D eigenvalue weighted by molar-refractivity contribution is 5.76. The van der Waals surface area contributed by atoms with Gasteiger partial charge in [-0.3, -0.25) is 0 Å². The Morgan fingerprint density at radius 2 is 2.44 bits per heavy atom. The van der Waals surface area contributed by atoms with E-state index in [1.54, 1.807) is 12.1 Å². The van der Waals surface area contributed by atoms with E-state index in [0.717, 1.165) is 6.42 Å². The smallest absolute Gasteiger partial charge is 0.326 e. The van der Waals surface area contributed by atoms with E-state index in [4.69, 9.17) is 10.4 Å². The average molecular weight is 219 g/mol. The number of aliphatic carboxylic acids is 1. The molecule has 1 atom stereocenters. The molecule has 0 saturated carbocycles. The summed E-state index contributed by atoms with van der Waals surface area (Å²) in [5, 5.41) is 20.3. The van der Waals surface area contributed by atoms with E-state index in [9.17, 15) is 4.79 Å². The summed E-state index contributed by atoms with van der Waals surface area (Å²) in [6, 6.07) is 4.51. The average Bonchev–Trinajstić information content (AvgIpc) is 2.29. The molecule has 1 heterocycles. The van der Waals surface area contributed by atoms with Crippen molar-refractivity contribution < 1.29 is 9.90 Å². The highest BCUT2D eigenvalue weighted by atomic mass is 16.4. The highest BCUT2D eigenvalue weighted by Crippen LogP contribution is 2.08. The molecule has 1 unspecified atom stereocenters. The zero-order valence-corrected chi connectivity index (χ0v) is 8.97. The van der Waals surface area contributed by atoms with Crippen LogP contribution in [0.25, 0.3) is 0 Å². The molecule has 1 aromatic rings. The van der Waals surface area contributed by atoms with Crippen molar-refractivity contribution in [2.75, 3.05) is 5.32 Å². The molecule has 16 heavy (non-hydrogen) atoms. The number of carbonyl (C=O) groups is 1. The van der Waals surface area contributed by atoms with E-state index in [2.05, 4.69) is 10.3 Å². The van der Waals surface area contributed by atoms with Gasteiger partial charge in [0.15, 0.2) is 0 Å². The lowest BCUT2D eigenvalue weighted by Gasteiger charge is -2.13. The molecule has 0 fully saturated rings. The van der Waals surface area contributed by atoms with Crippen molar-refractivity contribution in [3.8, 4) is 6.07 Å². The van der Waals surface area contributed by atoms with Crippen molar-refractivity contribution in [3.63, 3.8) is 0 Å². The summed E-state index contributed by atoms with van der Waals surface area (Å²) >= 11 is 0. The van der Waals surface area contributed by atoms with Crippen LogP contribution >= 0.6 is 0 Å². The first kappa shape index (κ1) is 12.0. The maximum absolute atomic E-state index is 10.9. The Kier molecular flexibility index (Phi) is 4.28. The third kappa shape index (κ3) is 3.24. The van der Waals surface area contributed by atoms with Crippen molar-refractivity contribution in [3.05, 3.63) is 23.9 Å². The number of nitrogens with zero attached hydrogens (tertiary/aromatic N) is 2. The Morgan fingerprint density at radius 3 is 2.88 bits per heavy atom. The van der Waals surface area contributed by atoms with Crippen LogP contribution in [-0.4, -0.2) is 22.1 Å². The Balaban J connectivity index is 2.70. The van der Waals surface area contributed by atoms with Crippen molar-refractivity contribution in [2.45, 2.75) is 25.8 Å². The molecular formula is C11H13N3O2. The third-order valence-electron chi connectivity index (χ3n) is 2.09. The number of nitriles is 1. The molecule has 0 saturated heterocycles. The van der Waals surface area contributed by atoms with E-state index in [0.29, 0.717) is 17.8 Å². The van der Waals surface area contributed by atoms with E-state index in [1.165, 1.54) is 6.20 Å². The van der Waals surface area contributed by atoms with Gasteiger partial charge in [-0.25, -0.2) is 9.78 Å². The maximum Gasteiger partial charge on any atom is 0.326 e. The molecule has 0 aliphatic rings. The van der Waals surface area contributed by atoms with Crippen molar-refractivity contribution in [1.29, 1.82) is 5.26 Å². The van der Waals surface area contributed by atoms with E-state index in [-0.39, 0.29) is 0 Å². The summed E-state index contributed by atoms with van der Waals surface area (Å²) in [7, 11) is 0. The van der Waals surface area contributed by atoms with Gasteiger partial charge in [-0.1, -0.05) is 13.3 Å². The van der Waals surface area contributed by atoms with Crippen molar-refractivity contribution >= 4 is 11.8 Å². The number of carboxylic acid groups (broad SMARTS) is 1. The van der Waals surface area contributed by atoms with E-state index < -0.39 is 12.0 Å². The Hall–Kier alpha value is -2.09. The second-order valence-electron chi connectivity index (χ2n) is 3.37. The predicted molar refractivity (Wildman–Crippen MR) is 58.9 cm³/mol. The number of nitrogens with one attached hydrogen (secondary N) is 1. The Morgan fingerprint density at radius 1 is 1.69 bits per heavy atom. The molecule has 0 radical (unpaired) electrons. The maximum atomic E-state index is 10.9. The fourth-order valence-corrected chi connectivity index (χ4v) is 1.27. The van der Waals surface area contributed by atoms with Gasteiger partial charge in [-0.2, -0.15) is 5.26 Å². The zero-order valence-electron chi connectivity index (χ0n) is 8.97. The van der Waals surface area contributed by atoms with Gasteiger partial charge < -0.3 is 10.4 Å². The lowest BCUT2D eigenvalue weighted by molar-refractivity contribution is -0.138. The van der Waals surface area contributed by atoms with Gasteiger partial charge in [0.2, 0.25) is 0 Å². The van der Waals surface area contributed by atoms with Crippen molar-refractivity contribution in [2.24, 2.45) is 0 Å². The lowest BCUT2D eigenvalue weighted by Crippen LogP contribution is -2.29. The van der Waals surface area contributed by atoms with E-state index in [1.807, 2.05) is 13.0 Å². The highest BCUT2D eigenvalue weighted by Gasteiger charge is 2.15. The summed E-state index contributed by atoms with van der Waals surface area (Å²) < 4.78 is 0. The number of hydrogen-bond donors (Lipinski definition) is 2. The quantitative estimate of drug-likeness (QED) is 0.785. The Bertz CT molecular complexity index is 395. The molecule has 0 aliphatic heterocycles. The molecule has 0 aromatic carbocycles. The molecule has 2 N–H and O–H groups in total. The third-order valence-corrected chi connectivity index (χ3v) is 2.09. The number of pyridine rings is 1. The first-order valence-corrected chi connectivity index (χ1v) is 5.03. The van der Waals surface area contributed by atoms with Crippen LogP contribution in [0.1, 0.15) is 25.3 Å². The first-order valence-electron chi connectivity index (χ1n) is 5.03. The first-order chi connectivity index (χ1) is 7.67. The van der Waals surface area contributed by atoms with Crippen LogP contribution in [-0.2, 0) is 4.79 Å². The van der Waals surface area contributed by atoms with Gasteiger partial charge in [0.05, 0.1) is 5.56 Å². The van der Waals surface area contributed by atoms with Crippen LogP contribution in [0.5, 0.6) is 0 Å². The van der Waals surface area contributed by atoms with Crippen LogP contribution < -0.4 is 5.32 Å². The van der Waals surface area contributed by atoms with Gasteiger partial charge in [-0.05, 0) is 18.6 Å². The van der Waals surface area contributed by atoms with Crippen LogP contribution in [0, 0.1) is 11.3 Å². The Labute approximate surface area is 93.7 Å². The number of anilines is 1. The number of carboxylic acids is 1. The molecular weight excluding hydrogens is 206 g/mol. The van der Waals surface area contributed by atoms with Crippen LogP contribution in [0.4, 0.5) is 5.82 Å². The minimum Gasteiger partial charge on any atom is -0.480 e. The molecule has 0 bridgehead atoms. The molecule has 0 aliphatic carbocycles. The number of rotatable bonds is 5. The fourth-order valence-electron chi connectivity index (χ4n) is 1.27. The minimum absolute atomic E-state index is 0.452. The monoisotopic (exact) mass is 219 g/mol. The molecule has 5 nitrogen and oxygen atoms in total. The minimum atomic E-state index is -0.895. The molecule has 0 amide bonds. The van der Waals surface area contributed by atoms with Crippen LogP contribution in [0.2, 0.25) is 0 Å². The lowest BCUT2D eigenvalue weighted by atomic mass is 10.1. The van der Waals surface area contributed by atoms with Gasteiger partial charge in [0.1, 0.15) is 17.9 Å². The zero-order chi connectivity index (χ0) is 12.0. The molecule has 1 rings (SSSR count). The van der Waals surface area contributed by atoms with Crippen LogP contribution in [0.3, 0.4) is 0 Å². The summed E-state index contributed by atoms with van der Waals surface area (Å²) in [5.74, 6) is -0.423. The molecule has 84 valence electrons. The van der Waals surface area contributed by atoms with Gasteiger partial charge >= 0.3 is 5.97 Å². The van der Waals surface area contributed by atoms with Gasteiger partial charge in [0.25, 0.3) is 0 Å². The van der Waals surface area contributed by atoms with Gasteiger partial charge in [-0.15, -0.1) is 0 Å². The largest absolute Gasteiger partial charge is 0.480 e. The SMILES string of the molecule is CCCC(Nc1ccc(C#N)cn1)C(=O)O. The van der Waals surface area contributed by atoms with Crippen molar-refractivity contribution in [1.82, 2.24) is 4.98 Å². The second kappa shape index (κ2) is 5.71.